The van der Waals surface area contributed by atoms with Gasteiger partial charge in [0, 0.05) is 16.1 Å². The number of aryl methyl sites for hydroxylation is 1. The van der Waals surface area contributed by atoms with Crippen LogP contribution in [0.5, 0.6) is 0 Å². The van der Waals surface area contributed by atoms with Crippen LogP contribution in [0.2, 0.25) is 5.02 Å². The van der Waals surface area contributed by atoms with Crippen molar-refractivity contribution < 1.29 is 8.42 Å². The largest absolute Gasteiger partial charge is 0.245 e. The lowest BCUT2D eigenvalue weighted by atomic mass is 10.0. The molecular weight excluding hydrogens is 352 g/mol. The van der Waals surface area contributed by atoms with Gasteiger partial charge in [-0.25, -0.2) is 13.4 Å². The first-order valence-corrected chi connectivity index (χ1v) is 10.3. The fraction of sp³-hybridized carbons (Fsp3) is 0.438. The molecule has 3 rings (SSSR count). The summed E-state index contributed by atoms with van der Waals surface area (Å²) in [6, 6.07) is 4.96. The van der Waals surface area contributed by atoms with Crippen molar-refractivity contribution in [2.45, 2.75) is 50.0 Å². The molecular formula is C16H19ClN2O2S2. The molecule has 0 radical (unpaired) electrons. The van der Waals surface area contributed by atoms with Crippen LogP contribution >= 0.6 is 22.9 Å². The summed E-state index contributed by atoms with van der Waals surface area (Å²) in [6.07, 6.45) is 3.54. The summed E-state index contributed by atoms with van der Waals surface area (Å²) < 4.78 is 28.9. The third-order valence-electron chi connectivity index (χ3n) is 4.32. The Balaban J connectivity index is 2.02. The molecule has 124 valence electrons. The van der Waals surface area contributed by atoms with Crippen LogP contribution in [-0.2, 0) is 15.6 Å². The Morgan fingerprint density at radius 3 is 2.57 bits per heavy atom. The highest BCUT2D eigenvalue weighted by Gasteiger charge is 2.42. The summed E-state index contributed by atoms with van der Waals surface area (Å²) in [5.74, 6) is 0. The number of nitrogens with zero attached hydrogens (tertiary/aromatic N) is 1. The minimum atomic E-state index is -3.66. The fourth-order valence-corrected chi connectivity index (χ4v) is 6.11. The molecule has 0 saturated heterocycles. The van der Waals surface area contributed by atoms with E-state index in [1.54, 1.807) is 25.1 Å². The van der Waals surface area contributed by atoms with Gasteiger partial charge < -0.3 is 0 Å². The monoisotopic (exact) mass is 370 g/mol. The fourth-order valence-electron chi connectivity index (χ4n) is 3.10. The summed E-state index contributed by atoms with van der Waals surface area (Å²) in [5.41, 5.74) is 0.909. The van der Waals surface area contributed by atoms with Gasteiger partial charge in [0.15, 0.2) is 0 Å². The van der Waals surface area contributed by atoms with Crippen LogP contribution in [0.4, 0.5) is 0 Å². The van der Waals surface area contributed by atoms with Crippen LogP contribution in [0.1, 0.15) is 41.9 Å². The molecule has 1 N–H and O–H groups in total. The second-order valence-electron chi connectivity index (χ2n) is 6.05. The smallest absolute Gasteiger partial charge is 0.241 e. The molecule has 1 aliphatic carbocycles. The maximum Gasteiger partial charge on any atom is 0.241 e. The number of thiazole rings is 1. The van der Waals surface area contributed by atoms with Crippen molar-refractivity contribution in [3.05, 3.63) is 44.9 Å². The van der Waals surface area contributed by atoms with E-state index in [9.17, 15) is 8.42 Å². The summed E-state index contributed by atoms with van der Waals surface area (Å²) in [7, 11) is -3.66. The van der Waals surface area contributed by atoms with E-state index < -0.39 is 15.6 Å². The third-order valence-corrected chi connectivity index (χ3v) is 7.58. The van der Waals surface area contributed by atoms with Gasteiger partial charge in [-0.15, -0.1) is 11.3 Å². The minimum Gasteiger partial charge on any atom is -0.245 e. The van der Waals surface area contributed by atoms with E-state index in [1.165, 1.54) is 11.3 Å². The molecule has 0 bridgehead atoms. The molecule has 23 heavy (non-hydrogen) atoms. The Morgan fingerprint density at radius 2 is 1.96 bits per heavy atom. The van der Waals surface area contributed by atoms with Crippen LogP contribution in [0.15, 0.2) is 28.5 Å². The van der Waals surface area contributed by atoms with Crippen molar-refractivity contribution in [3.63, 3.8) is 0 Å². The van der Waals surface area contributed by atoms with Crippen molar-refractivity contribution in [2.24, 2.45) is 0 Å². The lowest BCUT2D eigenvalue weighted by Crippen LogP contribution is -2.43. The van der Waals surface area contributed by atoms with E-state index in [1.807, 2.05) is 12.3 Å². The molecule has 1 aromatic heterocycles. The summed E-state index contributed by atoms with van der Waals surface area (Å²) >= 11 is 7.61. The number of sulfonamides is 1. The number of nitrogens with one attached hydrogen (secondary N) is 1. The molecule has 1 aliphatic rings. The highest BCUT2D eigenvalue weighted by molar-refractivity contribution is 7.89. The molecule has 0 unspecified atom stereocenters. The SMILES string of the molecule is Cc1csc(C2(NS(=O)(=O)c3cccc(Cl)c3C)CCCC2)n1. The van der Waals surface area contributed by atoms with Gasteiger partial charge in [0.2, 0.25) is 10.0 Å². The van der Waals surface area contributed by atoms with Gasteiger partial charge in [-0.2, -0.15) is 4.72 Å². The van der Waals surface area contributed by atoms with Crippen LogP contribution in [0.25, 0.3) is 0 Å². The number of halogens is 1. The first-order chi connectivity index (χ1) is 10.8. The van der Waals surface area contributed by atoms with Gasteiger partial charge in [0.25, 0.3) is 0 Å². The molecule has 1 heterocycles. The Kier molecular flexibility index (Phi) is 4.53. The molecule has 0 amide bonds. The van der Waals surface area contributed by atoms with Gasteiger partial charge in [-0.05, 0) is 44.4 Å². The maximum atomic E-state index is 13.0. The molecule has 2 aromatic rings. The molecule has 1 fully saturated rings. The first-order valence-electron chi connectivity index (χ1n) is 7.56. The summed E-state index contributed by atoms with van der Waals surface area (Å²) in [6.45, 7) is 3.66. The van der Waals surface area contributed by atoms with Crippen molar-refractivity contribution >= 4 is 33.0 Å². The number of hydrogen-bond donors (Lipinski definition) is 1. The highest BCUT2D eigenvalue weighted by atomic mass is 35.5. The van der Waals surface area contributed by atoms with Gasteiger partial charge in [0.05, 0.1) is 10.4 Å². The van der Waals surface area contributed by atoms with Crippen molar-refractivity contribution in [2.75, 3.05) is 0 Å². The predicted molar refractivity (Wildman–Crippen MR) is 93.5 cm³/mol. The van der Waals surface area contributed by atoms with Gasteiger partial charge in [0.1, 0.15) is 5.01 Å². The molecule has 0 atom stereocenters. The molecule has 1 saturated carbocycles. The van der Waals surface area contributed by atoms with Gasteiger partial charge >= 0.3 is 0 Å². The Labute approximate surface area is 146 Å². The topological polar surface area (TPSA) is 59.1 Å². The Bertz CT molecular complexity index is 824. The maximum absolute atomic E-state index is 13.0. The van der Waals surface area contributed by atoms with E-state index in [0.29, 0.717) is 10.6 Å². The summed E-state index contributed by atoms with van der Waals surface area (Å²) in [5, 5.41) is 3.28. The van der Waals surface area contributed by atoms with Gasteiger partial charge in [-0.3, -0.25) is 0 Å². The second kappa shape index (κ2) is 6.16. The molecule has 4 nitrogen and oxygen atoms in total. The minimum absolute atomic E-state index is 0.240. The average molecular weight is 371 g/mol. The average Bonchev–Trinajstić information content (AvgIpc) is 3.11. The summed E-state index contributed by atoms with van der Waals surface area (Å²) in [4.78, 5) is 4.79. The van der Waals surface area contributed by atoms with Crippen LogP contribution in [-0.4, -0.2) is 13.4 Å². The third kappa shape index (κ3) is 3.18. The number of aromatic nitrogens is 1. The van der Waals surface area contributed by atoms with Crippen molar-refractivity contribution in [1.29, 1.82) is 0 Å². The normalized spacial score (nSPS) is 17.5. The number of hydrogen-bond acceptors (Lipinski definition) is 4. The zero-order chi connectivity index (χ0) is 16.7. The lowest BCUT2D eigenvalue weighted by Gasteiger charge is -2.28. The van der Waals surface area contributed by atoms with E-state index in [0.717, 1.165) is 36.4 Å². The van der Waals surface area contributed by atoms with Gasteiger partial charge in [-0.1, -0.05) is 30.5 Å². The standard InChI is InChI=1S/C16H19ClN2O2S2/c1-11-10-22-15(18-11)16(8-3-4-9-16)19-23(20,21)14-7-5-6-13(17)12(14)2/h5-7,10,19H,3-4,8-9H2,1-2H3. The quantitative estimate of drug-likeness (QED) is 0.878. The highest BCUT2D eigenvalue weighted by Crippen LogP contribution is 2.41. The van der Waals surface area contributed by atoms with E-state index >= 15 is 0 Å². The van der Waals surface area contributed by atoms with E-state index in [-0.39, 0.29) is 4.90 Å². The molecule has 0 aliphatic heterocycles. The number of rotatable bonds is 4. The van der Waals surface area contributed by atoms with E-state index in [4.69, 9.17) is 11.6 Å². The van der Waals surface area contributed by atoms with Crippen LogP contribution in [0.3, 0.4) is 0 Å². The molecule has 0 spiro atoms. The van der Waals surface area contributed by atoms with Crippen molar-refractivity contribution in [3.8, 4) is 0 Å². The molecule has 7 heteroatoms. The zero-order valence-electron chi connectivity index (χ0n) is 13.1. The zero-order valence-corrected chi connectivity index (χ0v) is 15.5. The van der Waals surface area contributed by atoms with E-state index in [2.05, 4.69) is 9.71 Å². The predicted octanol–water partition coefficient (Wildman–Crippen LogP) is 4.16. The lowest BCUT2D eigenvalue weighted by molar-refractivity contribution is 0.402. The molecule has 1 aromatic carbocycles. The second-order valence-corrected chi connectivity index (χ2v) is 8.97. The van der Waals surface area contributed by atoms with Crippen LogP contribution in [0, 0.1) is 13.8 Å². The Morgan fingerprint density at radius 1 is 1.26 bits per heavy atom. The van der Waals surface area contributed by atoms with Crippen molar-refractivity contribution in [1.82, 2.24) is 9.71 Å². The Hall–Kier alpha value is -0.950. The first kappa shape index (κ1) is 16.9. The number of benzene rings is 1. The van der Waals surface area contributed by atoms with Crippen LogP contribution < -0.4 is 4.72 Å².